The predicted molar refractivity (Wildman–Crippen MR) is 81.4 cm³/mol. The van der Waals surface area contributed by atoms with Crippen LogP contribution in [0.1, 0.15) is 38.1 Å². The number of nitrogens with zero attached hydrogens (tertiary/aromatic N) is 1. The van der Waals surface area contributed by atoms with Gasteiger partial charge in [0.25, 0.3) is 5.91 Å². The van der Waals surface area contributed by atoms with Gasteiger partial charge < -0.3 is 10.0 Å². The summed E-state index contributed by atoms with van der Waals surface area (Å²) in [6.45, 7) is 9.74. The zero-order chi connectivity index (χ0) is 14.6. The van der Waals surface area contributed by atoms with Gasteiger partial charge in [-0.25, -0.2) is 0 Å². The monoisotopic (exact) mass is 327 g/mol. The van der Waals surface area contributed by atoms with Crippen LogP contribution in [0, 0.1) is 11.8 Å². The molecule has 0 saturated heterocycles. The van der Waals surface area contributed by atoms with Crippen LogP contribution < -0.4 is 0 Å². The molecule has 0 bridgehead atoms. The molecule has 0 fully saturated rings. The van der Waals surface area contributed by atoms with Crippen LogP contribution in [-0.4, -0.2) is 29.0 Å². The van der Waals surface area contributed by atoms with Gasteiger partial charge in [-0.1, -0.05) is 43.6 Å². The summed E-state index contributed by atoms with van der Waals surface area (Å²) in [6.07, 6.45) is 0. The number of benzene rings is 1. The number of phenolic OH excluding ortho intramolecular Hbond substituents is 1. The van der Waals surface area contributed by atoms with E-state index in [-0.39, 0.29) is 11.7 Å². The highest BCUT2D eigenvalue weighted by Crippen LogP contribution is 2.24. The number of carbonyl (C=O) groups excluding carboxylic acids is 1. The molecule has 1 rings (SSSR count). The average molecular weight is 328 g/mol. The molecule has 0 atom stereocenters. The van der Waals surface area contributed by atoms with Crippen LogP contribution in [0.5, 0.6) is 5.75 Å². The van der Waals surface area contributed by atoms with Crippen molar-refractivity contribution in [3.05, 3.63) is 28.2 Å². The Bertz CT molecular complexity index is 434. The van der Waals surface area contributed by atoms with Crippen molar-refractivity contribution in [1.29, 1.82) is 0 Å². The minimum Gasteiger partial charge on any atom is -0.507 e. The van der Waals surface area contributed by atoms with E-state index in [0.717, 1.165) is 4.47 Å². The molecule has 4 heteroatoms. The number of hydrogen-bond acceptors (Lipinski definition) is 2. The van der Waals surface area contributed by atoms with E-state index in [4.69, 9.17) is 0 Å². The van der Waals surface area contributed by atoms with Crippen LogP contribution in [0.25, 0.3) is 0 Å². The second-order valence-corrected chi connectivity index (χ2v) is 6.57. The molecule has 0 aliphatic rings. The Hall–Kier alpha value is -1.03. The zero-order valence-corrected chi connectivity index (χ0v) is 13.6. The van der Waals surface area contributed by atoms with Crippen LogP contribution in [0.15, 0.2) is 22.7 Å². The number of hydrogen-bond donors (Lipinski definition) is 1. The van der Waals surface area contributed by atoms with E-state index in [2.05, 4.69) is 43.6 Å². The van der Waals surface area contributed by atoms with Gasteiger partial charge in [0.05, 0.1) is 5.56 Å². The third kappa shape index (κ3) is 4.86. The number of carbonyl (C=O) groups is 1. The Balaban J connectivity index is 2.97. The zero-order valence-electron chi connectivity index (χ0n) is 12.0. The first-order chi connectivity index (χ1) is 8.81. The molecule has 0 aromatic heterocycles. The van der Waals surface area contributed by atoms with Gasteiger partial charge in [-0.2, -0.15) is 0 Å². The summed E-state index contributed by atoms with van der Waals surface area (Å²) in [7, 11) is 0. The lowest BCUT2D eigenvalue weighted by Crippen LogP contribution is -2.37. The van der Waals surface area contributed by atoms with Crippen molar-refractivity contribution in [3.8, 4) is 5.75 Å². The fourth-order valence-corrected chi connectivity index (χ4v) is 2.33. The summed E-state index contributed by atoms with van der Waals surface area (Å²) in [5.41, 5.74) is 0.365. The standard InChI is InChI=1S/C15H22BrNO2/c1-10(2)8-17(9-11(3)4)15(19)13-6-5-12(16)7-14(13)18/h5-7,10-11,18H,8-9H2,1-4H3. The first-order valence-corrected chi connectivity index (χ1v) is 7.38. The Morgan fingerprint density at radius 2 is 1.74 bits per heavy atom. The van der Waals surface area contributed by atoms with E-state index in [1.807, 2.05) is 4.90 Å². The summed E-state index contributed by atoms with van der Waals surface area (Å²) in [5, 5.41) is 9.90. The lowest BCUT2D eigenvalue weighted by Gasteiger charge is -2.26. The lowest BCUT2D eigenvalue weighted by molar-refractivity contribution is 0.0712. The van der Waals surface area contributed by atoms with Gasteiger partial charge in [0, 0.05) is 17.6 Å². The van der Waals surface area contributed by atoms with Crippen LogP contribution in [0.4, 0.5) is 0 Å². The third-order valence-electron chi connectivity index (χ3n) is 2.65. The molecule has 0 unspecified atom stereocenters. The molecule has 3 nitrogen and oxygen atoms in total. The van der Waals surface area contributed by atoms with Gasteiger partial charge in [0.1, 0.15) is 5.75 Å². The topological polar surface area (TPSA) is 40.5 Å². The molecule has 0 spiro atoms. The molecule has 0 heterocycles. The van der Waals surface area contributed by atoms with Crippen molar-refractivity contribution >= 4 is 21.8 Å². The first-order valence-electron chi connectivity index (χ1n) is 6.59. The van der Waals surface area contributed by atoms with E-state index in [1.54, 1.807) is 18.2 Å². The lowest BCUT2D eigenvalue weighted by atomic mass is 10.1. The first kappa shape index (κ1) is 16.0. The molecule has 0 aliphatic carbocycles. The molecule has 0 saturated carbocycles. The van der Waals surface area contributed by atoms with Gasteiger partial charge in [0.15, 0.2) is 0 Å². The Labute approximate surface area is 123 Å². The van der Waals surface area contributed by atoms with Crippen LogP contribution in [0.3, 0.4) is 0 Å². The van der Waals surface area contributed by atoms with Gasteiger partial charge in [-0.05, 0) is 30.0 Å². The third-order valence-corrected chi connectivity index (χ3v) is 3.14. The summed E-state index contributed by atoms with van der Waals surface area (Å²) >= 11 is 3.28. The van der Waals surface area contributed by atoms with Gasteiger partial charge in [-0.3, -0.25) is 4.79 Å². The normalized spacial score (nSPS) is 11.1. The summed E-state index contributed by atoms with van der Waals surface area (Å²) in [4.78, 5) is 14.3. The largest absolute Gasteiger partial charge is 0.507 e. The minimum absolute atomic E-state index is 0.0249. The Morgan fingerprint density at radius 3 is 2.16 bits per heavy atom. The molecule has 106 valence electrons. The summed E-state index contributed by atoms with van der Waals surface area (Å²) in [5.74, 6) is 0.727. The highest BCUT2D eigenvalue weighted by molar-refractivity contribution is 9.10. The van der Waals surface area contributed by atoms with Crippen molar-refractivity contribution in [2.75, 3.05) is 13.1 Å². The summed E-state index contributed by atoms with van der Waals surface area (Å²) < 4.78 is 0.765. The number of amides is 1. The SMILES string of the molecule is CC(C)CN(CC(C)C)C(=O)c1ccc(Br)cc1O. The Morgan fingerprint density at radius 1 is 1.21 bits per heavy atom. The van der Waals surface area contributed by atoms with E-state index in [1.165, 1.54) is 0 Å². The number of halogens is 1. The number of rotatable bonds is 5. The molecule has 1 amide bonds. The number of phenols is 1. The predicted octanol–water partition coefficient (Wildman–Crippen LogP) is 3.91. The molecule has 1 aromatic carbocycles. The van der Waals surface area contributed by atoms with Crippen molar-refractivity contribution in [3.63, 3.8) is 0 Å². The van der Waals surface area contributed by atoms with E-state index in [9.17, 15) is 9.90 Å². The minimum atomic E-state index is -0.104. The molecular weight excluding hydrogens is 306 g/mol. The number of aromatic hydroxyl groups is 1. The molecule has 0 radical (unpaired) electrons. The fourth-order valence-electron chi connectivity index (χ4n) is 1.98. The maximum absolute atomic E-state index is 12.5. The molecule has 1 aromatic rings. The van der Waals surface area contributed by atoms with E-state index >= 15 is 0 Å². The van der Waals surface area contributed by atoms with E-state index < -0.39 is 0 Å². The van der Waals surface area contributed by atoms with E-state index in [0.29, 0.717) is 30.5 Å². The second kappa shape index (κ2) is 6.94. The highest BCUT2D eigenvalue weighted by Gasteiger charge is 2.20. The van der Waals surface area contributed by atoms with Crippen molar-refractivity contribution in [2.24, 2.45) is 11.8 Å². The fraction of sp³-hybridized carbons (Fsp3) is 0.533. The quantitative estimate of drug-likeness (QED) is 0.890. The molecule has 1 N–H and O–H groups in total. The van der Waals surface area contributed by atoms with Gasteiger partial charge in [0.2, 0.25) is 0 Å². The highest BCUT2D eigenvalue weighted by atomic mass is 79.9. The molecular formula is C15H22BrNO2. The smallest absolute Gasteiger partial charge is 0.257 e. The second-order valence-electron chi connectivity index (χ2n) is 5.66. The maximum atomic E-state index is 12.5. The summed E-state index contributed by atoms with van der Waals surface area (Å²) in [6, 6.07) is 4.99. The van der Waals surface area contributed by atoms with Gasteiger partial charge >= 0.3 is 0 Å². The van der Waals surface area contributed by atoms with Crippen LogP contribution in [0.2, 0.25) is 0 Å². The van der Waals surface area contributed by atoms with Crippen molar-refractivity contribution < 1.29 is 9.90 Å². The van der Waals surface area contributed by atoms with Crippen LogP contribution in [-0.2, 0) is 0 Å². The van der Waals surface area contributed by atoms with Crippen LogP contribution >= 0.6 is 15.9 Å². The molecule has 19 heavy (non-hydrogen) atoms. The molecule has 0 aliphatic heterocycles. The van der Waals surface area contributed by atoms with Gasteiger partial charge in [-0.15, -0.1) is 0 Å². The Kier molecular flexibility index (Phi) is 5.85. The van der Waals surface area contributed by atoms with Crippen molar-refractivity contribution in [1.82, 2.24) is 4.90 Å². The van der Waals surface area contributed by atoms with Crippen molar-refractivity contribution in [2.45, 2.75) is 27.7 Å². The average Bonchev–Trinajstić information content (AvgIpc) is 2.26. The maximum Gasteiger partial charge on any atom is 0.257 e.